The maximum Gasteiger partial charge on any atom is 0.231 e. The van der Waals surface area contributed by atoms with Crippen LogP contribution in [0.15, 0.2) is 24.7 Å². The number of hydrogen-bond acceptors (Lipinski definition) is 5. The van der Waals surface area contributed by atoms with Crippen LogP contribution in [0.1, 0.15) is 12.0 Å². The van der Waals surface area contributed by atoms with Crippen LogP contribution in [-0.4, -0.2) is 46.1 Å². The summed E-state index contributed by atoms with van der Waals surface area (Å²) in [5.74, 6) is 1.58. The number of rotatable bonds is 3. The van der Waals surface area contributed by atoms with Gasteiger partial charge in [0, 0.05) is 32.4 Å². The van der Waals surface area contributed by atoms with Crippen LogP contribution in [0.5, 0.6) is 0 Å². The molecule has 1 atom stereocenters. The van der Waals surface area contributed by atoms with Crippen molar-refractivity contribution in [3.8, 4) is 0 Å². The van der Waals surface area contributed by atoms with Crippen molar-refractivity contribution in [2.75, 3.05) is 29.9 Å². The quantitative estimate of drug-likeness (QED) is 0.566. The lowest BCUT2D eigenvalue weighted by molar-refractivity contribution is 0.685. The Labute approximate surface area is 156 Å². The Bertz CT molecular complexity index is 1010. The number of halogens is 1. The van der Waals surface area contributed by atoms with Gasteiger partial charge in [0.15, 0.2) is 0 Å². The van der Waals surface area contributed by atoms with Crippen molar-refractivity contribution in [1.29, 1.82) is 0 Å². The Morgan fingerprint density at radius 2 is 2.27 bits per heavy atom. The Morgan fingerprint density at radius 3 is 3.08 bits per heavy atom. The molecular weight excluding hydrogens is 350 g/mol. The molecule has 0 aliphatic carbocycles. The number of aryl methyl sites for hydroxylation is 1. The summed E-state index contributed by atoms with van der Waals surface area (Å²) in [6.45, 7) is 11.1. The molecule has 1 fully saturated rings. The molecule has 8 heteroatoms. The Hall–Kier alpha value is -2.85. The number of nitrogens with one attached hydrogen (secondary N) is 1. The van der Waals surface area contributed by atoms with Gasteiger partial charge in [0.2, 0.25) is 5.69 Å². The molecule has 1 saturated heterocycles. The van der Waals surface area contributed by atoms with E-state index in [0.717, 1.165) is 41.9 Å². The van der Waals surface area contributed by atoms with E-state index in [9.17, 15) is 0 Å². The average molecular weight is 368 g/mol. The number of H-pyrrole nitrogens is 1. The zero-order valence-electron chi connectivity index (χ0n) is 14.6. The van der Waals surface area contributed by atoms with Gasteiger partial charge in [0.05, 0.1) is 12.0 Å². The smallest absolute Gasteiger partial charge is 0.231 e. The predicted molar refractivity (Wildman–Crippen MR) is 103 cm³/mol. The topological polar surface area (TPSA) is 65.3 Å². The van der Waals surface area contributed by atoms with E-state index in [1.165, 1.54) is 0 Å². The van der Waals surface area contributed by atoms with Crippen LogP contribution in [0.2, 0.25) is 5.15 Å². The minimum absolute atomic E-state index is 0.227. The Morgan fingerprint density at radius 1 is 1.42 bits per heavy atom. The molecule has 0 unspecified atom stereocenters. The first-order valence-electron chi connectivity index (χ1n) is 8.39. The first-order chi connectivity index (χ1) is 12.6. The average Bonchev–Trinajstić information content (AvgIpc) is 3.29. The summed E-state index contributed by atoms with van der Waals surface area (Å²) < 4.78 is 0. The molecule has 132 valence electrons. The van der Waals surface area contributed by atoms with E-state index in [2.05, 4.69) is 34.6 Å². The van der Waals surface area contributed by atoms with E-state index in [0.29, 0.717) is 16.7 Å². The van der Waals surface area contributed by atoms with Gasteiger partial charge >= 0.3 is 0 Å². The molecule has 3 aromatic rings. The fourth-order valence-corrected chi connectivity index (χ4v) is 3.77. The van der Waals surface area contributed by atoms with Gasteiger partial charge in [-0.05, 0) is 31.0 Å². The lowest BCUT2D eigenvalue weighted by Gasteiger charge is -2.27. The second-order valence-corrected chi connectivity index (χ2v) is 6.87. The van der Waals surface area contributed by atoms with E-state index in [4.69, 9.17) is 18.2 Å². The number of anilines is 2. The van der Waals surface area contributed by atoms with Crippen molar-refractivity contribution in [2.45, 2.75) is 19.4 Å². The Balaban J connectivity index is 1.62. The van der Waals surface area contributed by atoms with Crippen LogP contribution in [0.25, 0.3) is 15.9 Å². The van der Waals surface area contributed by atoms with Crippen LogP contribution in [0.3, 0.4) is 0 Å². The number of hydrogen-bond donors (Lipinski definition) is 1. The molecule has 3 aromatic heterocycles. The number of pyridine rings is 1. The van der Waals surface area contributed by atoms with Crippen molar-refractivity contribution in [2.24, 2.45) is 0 Å². The summed E-state index contributed by atoms with van der Waals surface area (Å²) in [5.41, 5.74) is 2.25. The third kappa shape index (κ3) is 2.72. The molecule has 1 aliphatic heterocycles. The molecule has 0 saturated carbocycles. The van der Waals surface area contributed by atoms with E-state index in [1.807, 2.05) is 26.2 Å². The summed E-state index contributed by atoms with van der Waals surface area (Å²) in [4.78, 5) is 24.3. The molecule has 1 aliphatic rings. The van der Waals surface area contributed by atoms with Crippen LogP contribution in [-0.2, 0) is 0 Å². The highest BCUT2D eigenvalue weighted by Gasteiger charge is 2.30. The van der Waals surface area contributed by atoms with Gasteiger partial charge in [-0.1, -0.05) is 11.6 Å². The van der Waals surface area contributed by atoms with Crippen LogP contribution in [0.4, 0.5) is 17.3 Å². The molecule has 0 bridgehead atoms. The maximum atomic E-state index is 7.49. The zero-order chi connectivity index (χ0) is 18.3. The van der Waals surface area contributed by atoms with Gasteiger partial charge in [0.1, 0.15) is 28.8 Å². The Kier molecular flexibility index (Phi) is 4.13. The summed E-state index contributed by atoms with van der Waals surface area (Å²) in [5, 5.41) is 1.44. The SMILES string of the molecule is [C-]#[N+]c1c(C)cc(Cl)nc1N(C)[C@@H]1CCN(c2ncnc3[nH]ccc23)C1. The molecule has 4 rings (SSSR count). The lowest BCUT2D eigenvalue weighted by atomic mass is 10.2. The number of likely N-dealkylation sites (N-methyl/N-ethyl adjacent to an activating group) is 1. The van der Waals surface area contributed by atoms with Crippen molar-refractivity contribution < 1.29 is 0 Å². The highest BCUT2D eigenvalue weighted by atomic mass is 35.5. The molecule has 0 radical (unpaired) electrons. The van der Waals surface area contributed by atoms with E-state index >= 15 is 0 Å². The van der Waals surface area contributed by atoms with Gasteiger partial charge in [-0.15, -0.1) is 0 Å². The van der Waals surface area contributed by atoms with Crippen LogP contribution >= 0.6 is 11.6 Å². The summed E-state index contributed by atoms with van der Waals surface area (Å²) >= 11 is 6.14. The van der Waals surface area contributed by atoms with Crippen molar-refractivity contribution in [1.82, 2.24) is 19.9 Å². The predicted octanol–water partition coefficient (Wildman–Crippen LogP) is 3.58. The summed E-state index contributed by atoms with van der Waals surface area (Å²) in [6.07, 6.45) is 4.42. The molecule has 0 amide bonds. The fraction of sp³-hybridized carbons (Fsp3) is 0.333. The molecular formula is C18H18ClN7. The molecule has 0 spiro atoms. The molecule has 1 N–H and O–H groups in total. The standard InChI is InChI=1S/C18H18ClN7/c1-11-8-14(19)24-18(15(11)20-2)25(3)12-5-7-26(9-12)17-13-4-6-21-16(13)22-10-23-17/h4,6,8,10,12H,5,7,9H2,1,3H3,(H,21,22,23)/t12-/m1/s1. The van der Waals surface area contributed by atoms with E-state index in [1.54, 1.807) is 12.4 Å². The molecule has 26 heavy (non-hydrogen) atoms. The normalized spacial score (nSPS) is 16.8. The second kappa shape index (κ2) is 6.46. The highest BCUT2D eigenvalue weighted by molar-refractivity contribution is 6.29. The van der Waals surface area contributed by atoms with Gasteiger partial charge < -0.3 is 14.8 Å². The van der Waals surface area contributed by atoms with Gasteiger partial charge in [0.25, 0.3) is 0 Å². The maximum absolute atomic E-state index is 7.49. The third-order valence-electron chi connectivity index (χ3n) is 4.92. The molecule has 7 nitrogen and oxygen atoms in total. The monoisotopic (exact) mass is 367 g/mol. The van der Waals surface area contributed by atoms with E-state index in [-0.39, 0.29) is 6.04 Å². The number of nitrogens with zero attached hydrogens (tertiary/aromatic N) is 6. The second-order valence-electron chi connectivity index (χ2n) is 6.48. The minimum Gasteiger partial charge on any atom is -0.363 e. The van der Waals surface area contributed by atoms with Crippen molar-refractivity contribution >= 4 is 40.0 Å². The number of aromatic nitrogens is 4. The summed E-state index contributed by atoms with van der Waals surface area (Å²) in [7, 11) is 1.98. The number of fused-ring (bicyclic) bond motifs is 1. The highest BCUT2D eigenvalue weighted by Crippen LogP contribution is 2.35. The minimum atomic E-state index is 0.227. The summed E-state index contributed by atoms with van der Waals surface area (Å²) in [6, 6.07) is 3.96. The van der Waals surface area contributed by atoms with Gasteiger partial charge in [-0.3, -0.25) is 0 Å². The first kappa shape index (κ1) is 16.6. The van der Waals surface area contributed by atoms with Gasteiger partial charge in [-0.25, -0.2) is 19.8 Å². The first-order valence-corrected chi connectivity index (χ1v) is 8.76. The zero-order valence-corrected chi connectivity index (χ0v) is 15.3. The van der Waals surface area contributed by atoms with E-state index < -0.39 is 0 Å². The molecule has 0 aromatic carbocycles. The van der Waals surface area contributed by atoms with Crippen molar-refractivity contribution in [3.05, 3.63) is 46.8 Å². The third-order valence-corrected chi connectivity index (χ3v) is 5.12. The lowest BCUT2D eigenvalue weighted by Crippen LogP contribution is -2.35. The largest absolute Gasteiger partial charge is 0.363 e. The van der Waals surface area contributed by atoms with Crippen molar-refractivity contribution in [3.63, 3.8) is 0 Å². The fourth-order valence-electron chi connectivity index (χ4n) is 3.53. The molecule has 4 heterocycles. The van der Waals surface area contributed by atoms with Gasteiger partial charge in [-0.2, -0.15) is 0 Å². The van der Waals surface area contributed by atoms with Crippen LogP contribution in [0, 0.1) is 13.5 Å². The number of aromatic amines is 1. The van der Waals surface area contributed by atoms with Crippen LogP contribution < -0.4 is 9.80 Å².